The Kier molecular flexibility index (Phi) is 2.88. The van der Waals surface area contributed by atoms with Crippen LogP contribution in [0.15, 0.2) is 30.5 Å². The van der Waals surface area contributed by atoms with Crippen LogP contribution in [-0.4, -0.2) is 25.8 Å². The van der Waals surface area contributed by atoms with E-state index >= 15 is 0 Å². The molecule has 5 nitrogen and oxygen atoms in total. The molecule has 1 aliphatic rings. The fraction of sp³-hybridized carbons (Fsp3) is 0.333. The van der Waals surface area contributed by atoms with Gasteiger partial charge in [-0.1, -0.05) is 19.9 Å². The molecule has 4 rings (SSSR count). The van der Waals surface area contributed by atoms with Gasteiger partial charge in [-0.25, -0.2) is 4.79 Å². The maximum Gasteiger partial charge on any atom is 0.335 e. The fourth-order valence-corrected chi connectivity index (χ4v) is 3.47. The maximum absolute atomic E-state index is 11.2. The first kappa shape index (κ1) is 14.1. The van der Waals surface area contributed by atoms with Crippen LogP contribution in [0.25, 0.3) is 16.7 Å². The number of aromatic nitrogens is 3. The third-order valence-electron chi connectivity index (χ3n) is 4.81. The molecule has 5 heteroatoms. The molecule has 0 aliphatic heterocycles. The van der Waals surface area contributed by atoms with Gasteiger partial charge in [-0.05, 0) is 42.9 Å². The van der Waals surface area contributed by atoms with E-state index in [1.54, 1.807) is 12.1 Å². The van der Waals surface area contributed by atoms with E-state index in [2.05, 4.69) is 24.0 Å². The SMILES string of the molecule is CC1(C)CCc2c(-n3ccc4ccc(C(=O)O)cc43)n[nH]c2C1. The average Bonchev–Trinajstić information content (AvgIpc) is 3.08. The first-order valence-corrected chi connectivity index (χ1v) is 7.85. The topological polar surface area (TPSA) is 70.9 Å². The highest BCUT2D eigenvalue weighted by molar-refractivity contribution is 5.94. The van der Waals surface area contributed by atoms with Crippen molar-refractivity contribution in [3.8, 4) is 5.82 Å². The summed E-state index contributed by atoms with van der Waals surface area (Å²) in [5, 5.41) is 17.9. The number of hydrogen-bond donors (Lipinski definition) is 2. The maximum atomic E-state index is 11.2. The van der Waals surface area contributed by atoms with E-state index in [0.717, 1.165) is 36.0 Å². The molecule has 0 bridgehead atoms. The third kappa shape index (κ3) is 2.23. The van der Waals surface area contributed by atoms with Gasteiger partial charge in [0.05, 0.1) is 11.1 Å². The number of carboxylic acid groups (broad SMARTS) is 1. The fourth-order valence-electron chi connectivity index (χ4n) is 3.47. The second-order valence-corrected chi connectivity index (χ2v) is 7.11. The number of rotatable bonds is 2. The van der Waals surface area contributed by atoms with Crippen molar-refractivity contribution in [3.05, 3.63) is 47.3 Å². The van der Waals surface area contributed by atoms with Crippen LogP contribution >= 0.6 is 0 Å². The van der Waals surface area contributed by atoms with E-state index in [1.165, 1.54) is 11.3 Å². The van der Waals surface area contributed by atoms with Gasteiger partial charge in [0.25, 0.3) is 0 Å². The summed E-state index contributed by atoms with van der Waals surface area (Å²) in [5.74, 6) is -0.0153. The summed E-state index contributed by atoms with van der Waals surface area (Å²) < 4.78 is 2.00. The zero-order valence-corrected chi connectivity index (χ0v) is 13.3. The molecule has 118 valence electrons. The van der Waals surface area contributed by atoms with Crippen LogP contribution in [0.4, 0.5) is 0 Å². The van der Waals surface area contributed by atoms with Crippen LogP contribution in [0.5, 0.6) is 0 Å². The highest BCUT2D eigenvalue weighted by Crippen LogP contribution is 2.36. The molecule has 0 radical (unpaired) electrons. The van der Waals surface area contributed by atoms with Crippen LogP contribution in [0, 0.1) is 5.41 Å². The van der Waals surface area contributed by atoms with Gasteiger partial charge in [0, 0.05) is 22.8 Å². The Bertz CT molecular complexity index is 918. The summed E-state index contributed by atoms with van der Waals surface area (Å²) in [6.07, 6.45) is 5.08. The molecule has 0 amide bonds. The van der Waals surface area contributed by atoms with Crippen molar-refractivity contribution >= 4 is 16.9 Å². The largest absolute Gasteiger partial charge is 0.478 e. The Labute approximate surface area is 133 Å². The van der Waals surface area contributed by atoms with E-state index < -0.39 is 5.97 Å². The Balaban J connectivity index is 1.86. The molecule has 1 aromatic carbocycles. The Hall–Kier alpha value is -2.56. The van der Waals surface area contributed by atoms with Gasteiger partial charge in [-0.3, -0.25) is 9.67 Å². The Morgan fingerprint density at radius 2 is 2.17 bits per heavy atom. The zero-order chi connectivity index (χ0) is 16.2. The number of aromatic carboxylic acids is 1. The van der Waals surface area contributed by atoms with Crippen LogP contribution in [0.2, 0.25) is 0 Å². The lowest BCUT2D eigenvalue weighted by Crippen LogP contribution is -2.22. The minimum Gasteiger partial charge on any atom is -0.478 e. The second kappa shape index (κ2) is 4.72. The van der Waals surface area contributed by atoms with Gasteiger partial charge >= 0.3 is 5.97 Å². The van der Waals surface area contributed by atoms with E-state index in [4.69, 9.17) is 0 Å². The van der Waals surface area contributed by atoms with Crippen LogP contribution < -0.4 is 0 Å². The summed E-state index contributed by atoms with van der Waals surface area (Å²) in [4.78, 5) is 11.2. The lowest BCUT2D eigenvalue weighted by Gasteiger charge is -2.29. The monoisotopic (exact) mass is 309 g/mol. The summed E-state index contributed by atoms with van der Waals surface area (Å²) in [6.45, 7) is 4.56. The van der Waals surface area contributed by atoms with Gasteiger partial charge in [0.2, 0.25) is 0 Å². The minimum absolute atomic E-state index is 0.294. The molecule has 1 aliphatic carbocycles. The molecule has 0 atom stereocenters. The minimum atomic E-state index is -0.912. The molecule has 0 saturated carbocycles. The summed E-state index contributed by atoms with van der Waals surface area (Å²) in [6, 6.07) is 7.19. The van der Waals surface area contributed by atoms with E-state index in [0.29, 0.717) is 11.0 Å². The van der Waals surface area contributed by atoms with Crippen LogP contribution in [-0.2, 0) is 12.8 Å². The number of nitrogens with one attached hydrogen (secondary N) is 1. The Morgan fingerprint density at radius 3 is 2.96 bits per heavy atom. The second-order valence-electron chi connectivity index (χ2n) is 7.11. The molecule has 0 unspecified atom stereocenters. The van der Waals surface area contributed by atoms with E-state index in [-0.39, 0.29) is 0 Å². The van der Waals surface area contributed by atoms with Gasteiger partial charge in [0.1, 0.15) is 0 Å². The van der Waals surface area contributed by atoms with Crippen molar-refractivity contribution in [3.63, 3.8) is 0 Å². The zero-order valence-electron chi connectivity index (χ0n) is 13.3. The molecular weight excluding hydrogens is 290 g/mol. The van der Waals surface area contributed by atoms with Crippen molar-refractivity contribution in [2.24, 2.45) is 5.41 Å². The predicted molar refractivity (Wildman–Crippen MR) is 88.2 cm³/mol. The van der Waals surface area contributed by atoms with Gasteiger partial charge in [0.15, 0.2) is 5.82 Å². The van der Waals surface area contributed by atoms with E-state index in [9.17, 15) is 9.90 Å². The molecule has 2 heterocycles. The number of carboxylic acids is 1. The molecular formula is C18H19N3O2. The van der Waals surface area contributed by atoms with Crippen LogP contribution in [0.1, 0.15) is 41.9 Å². The van der Waals surface area contributed by atoms with Gasteiger partial charge in [-0.15, -0.1) is 0 Å². The van der Waals surface area contributed by atoms with E-state index in [1.807, 2.05) is 22.9 Å². The smallest absolute Gasteiger partial charge is 0.335 e. The Morgan fingerprint density at radius 1 is 1.35 bits per heavy atom. The first-order valence-electron chi connectivity index (χ1n) is 7.85. The standard InChI is InChI=1S/C18H19N3O2/c1-18(2)7-5-13-14(10-18)19-20-16(13)21-8-6-11-3-4-12(17(22)23)9-15(11)21/h3-4,6,8-9H,5,7,10H2,1-2H3,(H,19,20)(H,22,23). The number of fused-ring (bicyclic) bond motifs is 2. The van der Waals surface area contributed by atoms with Gasteiger partial charge in [-0.2, -0.15) is 5.10 Å². The first-order chi connectivity index (χ1) is 10.9. The van der Waals surface area contributed by atoms with Gasteiger partial charge < -0.3 is 5.11 Å². The summed E-state index contributed by atoms with van der Waals surface area (Å²) in [7, 11) is 0. The predicted octanol–water partition coefficient (Wildman–Crippen LogP) is 3.57. The van der Waals surface area contributed by atoms with Crippen LogP contribution in [0.3, 0.4) is 0 Å². The number of carbonyl (C=O) groups is 1. The molecule has 2 N–H and O–H groups in total. The van der Waals surface area contributed by atoms with Crippen molar-refractivity contribution < 1.29 is 9.90 Å². The average molecular weight is 309 g/mol. The quantitative estimate of drug-likeness (QED) is 0.760. The number of nitrogens with zero attached hydrogens (tertiary/aromatic N) is 2. The van der Waals surface area contributed by atoms with Crippen molar-refractivity contribution in [1.29, 1.82) is 0 Å². The van der Waals surface area contributed by atoms with Crippen molar-refractivity contribution in [1.82, 2.24) is 14.8 Å². The summed E-state index contributed by atoms with van der Waals surface area (Å²) in [5.41, 5.74) is 3.92. The normalized spacial score (nSPS) is 16.4. The molecule has 0 fully saturated rings. The number of hydrogen-bond acceptors (Lipinski definition) is 2. The molecule has 3 aromatic rings. The number of benzene rings is 1. The van der Waals surface area contributed by atoms with Crippen molar-refractivity contribution in [2.75, 3.05) is 0 Å². The molecule has 0 saturated heterocycles. The number of aromatic amines is 1. The highest BCUT2D eigenvalue weighted by Gasteiger charge is 2.29. The molecule has 0 spiro atoms. The summed E-state index contributed by atoms with van der Waals surface area (Å²) >= 11 is 0. The third-order valence-corrected chi connectivity index (χ3v) is 4.81. The van der Waals surface area contributed by atoms with Crippen molar-refractivity contribution in [2.45, 2.75) is 33.1 Å². The lowest BCUT2D eigenvalue weighted by atomic mass is 9.77. The lowest BCUT2D eigenvalue weighted by molar-refractivity contribution is 0.0697. The molecule has 23 heavy (non-hydrogen) atoms. The molecule has 2 aromatic heterocycles. The highest BCUT2D eigenvalue weighted by atomic mass is 16.4. The number of H-pyrrole nitrogens is 1.